The zero-order valence-electron chi connectivity index (χ0n) is 13.6. The van der Waals surface area contributed by atoms with Crippen LogP contribution >= 0.6 is 11.3 Å². The molecule has 1 unspecified atom stereocenters. The Hall–Kier alpha value is -1.50. The fourth-order valence-corrected chi connectivity index (χ4v) is 4.43. The van der Waals surface area contributed by atoms with Crippen molar-refractivity contribution in [3.63, 3.8) is 0 Å². The van der Waals surface area contributed by atoms with Gasteiger partial charge in [0.1, 0.15) is 4.90 Å². The molecule has 1 aromatic carbocycles. The Balaban J connectivity index is 2.85. The van der Waals surface area contributed by atoms with Crippen molar-refractivity contribution in [2.24, 2.45) is 0 Å². The minimum absolute atomic E-state index is 0.0626. The van der Waals surface area contributed by atoms with Gasteiger partial charge in [0, 0.05) is 10.4 Å². The summed E-state index contributed by atoms with van der Waals surface area (Å²) >= 11 is 1.25. The molecule has 0 aliphatic carbocycles. The average Bonchev–Trinajstić information content (AvgIpc) is 2.94. The largest absolute Gasteiger partial charge is 0.295 e. The van der Waals surface area contributed by atoms with Crippen molar-refractivity contribution < 1.29 is 17.8 Å². The quantitative estimate of drug-likeness (QED) is 0.626. The lowest BCUT2D eigenvalue weighted by Crippen LogP contribution is -2.06. The van der Waals surface area contributed by atoms with Crippen LogP contribution < -0.4 is 0 Å². The standard InChI is InChI=1S/C17H20O4S2/c1-5-10(2)16-11(3)6-9-15(23(19,20)21)17(16)14-8-7-13(22-14)12(4)18/h6-10H,5H2,1-4H3,(H,19,20,21). The van der Waals surface area contributed by atoms with E-state index in [0.29, 0.717) is 15.3 Å². The van der Waals surface area contributed by atoms with Crippen molar-refractivity contribution in [1.82, 2.24) is 0 Å². The Labute approximate surface area is 140 Å². The van der Waals surface area contributed by atoms with Gasteiger partial charge in [-0.3, -0.25) is 9.35 Å². The summed E-state index contributed by atoms with van der Waals surface area (Å²) in [4.78, 5) is 12.7. The van der Waals surface area contributed by atoms with Crippen LogP contribution in [0.1, 0.15) is 53.9 Å². The summed E-state index contributed by atoms with van der Waals surface area (Å²) in [5.74, 6) is 0.0713. The zero-order chi connectivity index (χ0) is 17.4. The van der Waals surface area contributed by atoms with Gasteiger partial charge in [0.2, 0.25) is 0 Å². The molecule has 23 heavy (non-hydrogen) atoms. The highest BCUT2D eigenvalue weighted by Gasteiger charge is 2.24. The zero-order valence-corrected chi connectivity index (χ0v) is 15.2. The monoisotopic (exact) mass is 352 g/mol. The van der Waals surface area contributed by atoms with Crippen LogP contribution in [0.4, 0.5) is 0 Å². The lowest BCUT2D eigenvalue weighted by Gasteiger charge is -2.19. The molecule has 4 nitrogen and oxygen atoms in total. The number of hydrogen-bond acceptors (Lipinski definition) is 4. The lowest BCUT2D eigenvalue weighted by atomic mass is 9.89. The molecule has 1 N–H and O–H groups in total. The third-order valence-corrected chi connectivity index (χ3v) is 6.11. The Bertz CT molecular complexity index is 847. The second-order valence-corrected chi connectivity index (χ2v) is 8.15. The molecule has 0 spiro atoms. The molecular formula is C17H20O4S2. The second-order valence-electron chi connectivity index (χ2n) is 5.67. The number of benzene rings is 1. The van der Waals surface area contributed by atoms with Crippen LogP contribution in [0.15, 0.2) is 29.2 Å². The Morgan fingerprint density at radius 2 is 1.91 bits per heavy atom. The highest BCUT2D eigenvalue weighted by Crippen LogP contribution is 2.41. The second kappa shape index (κ2) is 6.55. The van der Waals surface area contributed by atoms with Crippen LogP contribution in [0, 0.1) is 6.92 Å². The molecule has 2 rings (SSSR count). The highest BCUT2D eigenvalue weighted by molar-refractivity contribution is 7.86. The minimum atomic E-state index is -4.35. The van der Waals surface area contributed by atoms with Crippen molar-refractivity contribution in [3.8, 4) is 10.4 Å². The average molecular weight is 352 g/mol. The van der Waals surface area contributed by atoms with E-state index in [0.717, 1.165) is 17.5 Å². The molecule has 0 bridgehead atoms. The molecule has 6 heteroatoms. The molecule has 0 aliphatic rings. The van der Waals surface area contributed by atoms with E-state index < -0.39 is 10.1 Å². The first-order valence-corrected chi connectivity index (χ1v) is 9.64. The van der Waals surface area contributed by atoms with Gasteiger partial charge >= 0.3 is 0 Å². The van der Waals surface area contributed by atoms with E-state index in [-0.39, 0.29) is 16.6 Å². The molecule has 1 aromatic heterocycles. The first-order valence-electron chi connectivity index (χ1n) is 7.39. The minimum Gasteiger partial charge on any atom is -0.294 e. The van der Waals surface area contributed by atoms with E-state index in [1.54, 1.807) is 18.2 Å². The first-order chi connectivity index (χ1) is 10.7. The van der Waals surface area contributed by atoms with Crippen LogP contribution in [0.5, 0.6) is 0 Å². The number of ketones is 1. The molecule has 0 aliphatic heterocycles. The number of carbonyl (C=O) groups is 1. The Morgan fingerprint density at radius 1 is 1.26 bits per heavy atom. The van der Waals surface area contributed by atoms with E-state index in [2.05, 4.69) is 0 Å². The molecule has 0 radical (unpaired) electrons. The van der Waals surface area contributed by atoms with Crippen molar-refractivity contribution in [2.75, 3.05) is 0 Å². The van der Waals surface area contributed by atoms with E-state index in [9.17, 15) is 17.8 Å². The number of hydrogen-bond donors (Lipinski definition) is 1. The first kappa shape index (κ1) is 17.8. The molecule has 0 saturated heterocycles. The van der Waals surface area contributed by atoms with Gasteiger partial charge < -0.3 is 0 Å². The third-order valence-electron chi connectivity index (χ3n) is 4.01. The van der Waals surface area contributed by atoms with E-state index in [1.165, 1.54) is 24.3 Å². The van der Waals surface area contributed by atoms with Gasteiger partial charge in [0.25, 0.3) is 10.1 Å². The molecule has 0 amide bonds. The van der Waals surface area contributed by atoms with Crippen LogP contribution in [0.25, 0.3) is 10.4 Å². The summed E-state index contributed by atoms with van der Waals surface area (Å²) in [6.45, 7) is 7.46. The van der Waals surface area contributed by atoms with Crippen LogP contribution in [-0.4, -0.2) is 18.8 Å². The summed E-state index contributed by atoms with van der Waals surface area (Å²) < 4.78 is 33.3. The van der Waals surface area contributed by atoms with E-state index >= 15 is 0 Å². The molecule has 1 atom stereocenters. The normalized spacial score (nSPS) is 13.1. The van der Waals surface area contributed by atoms with E-state index in [4.69, 9.17) is 0 Å². The van der Waals surface area contributed by atoms with Crippen molar-refractivity contribution in [2.45, 2.75) is 44.9 Å². The van der Waals surface area contributed by atoms with Crippen LogP contribution in [0.3, 0.4) is 0 Å². The van der Waals surface area contributed by atoms with E-state index in [1.807, 2.05) is 20.8 Å². The van der Waals surface area contributed by atoms with Crippen LogP contribution in [0.2, 0.25) is 0 Å². The predicted molar refractivity (Wildman–Crippen MR) is 93.0 cm³/mol. The lowest BCUT2D eigenvalue weighted by molar-refractivity contribution is 0.102. The van der Waals surface area contributed by atoms with Gasteiger partial charge in [-0.25, -0.2) is 0 Å². The Morgan fingerprint density at radius 3 is 2.39 bits per heavy atom. The van der Waals surface area contributed by atoms with Gasteiger partial charge in [-0.1, -0.05) is 19.9 Å². The van der Waals surface area contributed by atoms with Gasteiger partial charge in [0.15, 0.2) is 5.78 Å². The molecule has 124 valence electrons. The predicted octanol–water partition coefficient (Wildman–Crippen LogP) is 4.69. The van der Waals surface area contributed by atoms with Crippen LogP contribution in [-0.2, 0) is 10.1 Å². The number of thiophene rings is 1. The maximum absolute atomic E-state index is 11.8. The molecule has 0 saturated carbocycles. The summed E-state index contributed by atoms with van der Waals surface area (Å²) in [5, 5.41) is 0. The van der Waals surface area contributed by atoms with Crippen molar-refractivity contribution in [3.05, 3.63) is 40.3 Å². The molecule has 1 heterocycles. The molecule has 2 aromatic rings. The number of aryl methyl sites for hydroxylation is 1. The van der Waals surface area contributed by atoms with Gasteiger partial charge in [-0.15, -0.1) is 11.3 Å². The SMILES string of the molecule is CCC(C)c1c(C)ccc(S(=O)(=O)O)c1-c1ccc(C(C)=O)s1. The number of carbonyl (C=O) groups excluding carboxylic acids is 1. The smallest absolute Gasteiger partial charge is 0.294 e. The maximum atomic E-state index is 11.8. The highest BCUT2D eigenvalue weighted by atomic mass is 32.2. The van der Waals surface area contributed by atoms with Gasteiger partial charge in [0.05, 0.1) is 4.88 Å². The van der Waals surface area contributed by atoms with Crippen molar-refractivity contribution in [1.29, 1.82) is 0 Å². The van der Waals surface area contributed by atoms with Crippen molar-refractivity contribution >= 4 is 27.2 Å². The number of rotatable bonds is 5. The number of Topliss-reactive ketones (excluding diaryl/α,β-unsaturated/α-hetero) is 1. The summed E-state index contributed by atoms with van der Waals surface area (Å²) in [6, 6.07) is 6.59. The fraction of sp³-hybridized carbons (Fsp3) is 0.353. The summed E-state index contributed by atoms with van der Waals surface area (Å²) in [7, 11) is -4.35. The van der Waals surface area contributed by atoms with Gasteiger partial charge in [-0.2, -0.15) is 8.42 Å². The topological polar surface area (TPSA) is 71.4 Å². The fourth-order valence-electron chi connectivity index (χ4n) is 2.67. The third kappa shape index (κ3) is 3.54. The van der Waals surface area contributed by atoms with Gasteiger partial charge in [-0.05, 0) is 55.5 Å². The Kier molecular flexibility index (Phi) is 5.08. The summed E-state index contributed by atoms with van der Waals surface area (Å²) in [5.41, 5.74) is 2.39. The molecule has 0 fully saturated rings. The summed E-state index contributed by atoms with van der Waals surface area (Å²) in [6.07, 6.45) is 0.841. The molecular weight excluding hydrogens is 332 g/mol. The maximum Gasteiger partial charge on any atom is 0.295 e.